The number of carbonyl (C=O) groups is 3. The van der Waals surface area contributed by atoms with E-state index in [2.05, 4.69) is 0 Å². The van der Waals surface area contributed by atoms with Gasteiger partial charge in [0.1, 0.15) is 11.5 Å². The summed E-state index contributed by atoms with van der Waals surface area (Å²) in [4.78, 5) is 44.3. The third-order valence-electron chi connectivity index (χ3n) is 5.91. The maximum Gasteiger partial charge on any atom is 0.257 e. The molecule has 2 aliphatic rings. The van der Waals surface area contributed by atoms with Crippen LogP contribution in [0.3, 0.4) is 0 Å². The average molecular weight is 412 g/mol. The standard InChI is InChI=1S/C22H25N3O3S/c1-13-5-7-15(8-6-13)14(2)20(27)25-10-9-16-17(11-25)29-22-19(16)21(28)23(3)12-18(26)24(22)4/h5-8,14H,9-12H2,1-4H3. The van der Waals surface area contributed by atoms with Crippen LogP contribution in [0.25, 0.3) is 0 Å². The number of thiophene rings is 1. The van der Waals surface area contributed by atoms with Crippen LogP contribution in [0.2, 0.25) is 0 Å². The van der Waals surface area contributed by atoms with E-state index in [0.29, 0.717) is 30.1 Å². The number of benzene rings is 1. The smallest absolute Gasteiger partial charge is 0.257 e. The van der Waals surface area contributed by atoms with Gasteiger partial charge in [0.05, 0.1) is 18.0 Å². The third kappa shape index (κ3) is 3.33. The van der Waals surface area contributed by atoms with Gasteiger partial charge in [0.25, 0.3) is 5.91 Å². The van der Waals surface area contributed by atoms with E-state index >= 15 is 0 Å². The highest BCUT2D eigenvalue weighted by molar-refractivity contribution is 7.17. The van der Waals surface area contributed by atoms with Crippen LogP contribution in [0.5, 0.6) is 0 Å². The lowest BCUT2D eigenvalue weighted by Crippen LogP contribution is -2.38. The van der Waals surface area contributed by atoms with Crippen LogP contribution >= 0.6 is 11.3 Å². The molecule has 0 saturated carbocycles. The third-order valence-corrected chi connectivity index (χ3v) is 7.20. The Morgan fingerprint density at radius 1 is 1.10 bits per heavy atom. The lowest BCUT2D eigenvalue weighted by molar-refractivity contribution is -0.133. The molecule has 1 aromatic carbocycles. The van der Waals surface area contributed by atoms with Crippen LogP contribution in [0.4, 0.5) is 5.00 Å². The van der Waals surface area contributed by atoms with Gasteiger partial charge in [-0.3, -0.25) is 14.4 Å². The Kier molecular flexibility index (Phi) is 4.94. The molecule has 7 heteroatoms. The number of amides is 3. The zero-order valence-electron chi connectivity index (χ0n) is 17.2. The lowest BCUT2D eigenvalue weighted by Gasteiger charge is -2.30. The molecule has 0 aliphatic carbocycles. The highest BCUT2D eigenvalue weighted by Crippen LogP contribution is 2.41. The van der Waals surface area contributed by atoms with Crippen LogP contribution in [0.1, 0.15) is 44.8 Å². The Balaban J connectivity index is 1.61. The number of rotatable bonds is 2. The number of hydrogen-bond acceptors (Lipinski definition) is 4. The SMILES string of the molecule is Cc1ccc(C(C)C(=O)N2CCc3c(sc4c3C(=O)N(C)CC(=O)N4C)C2)cc1. The predicted octanol–water partition coefficient (Wildman–Crippen LogP) is 2.79. The summed E-state index contributed by atoms with van der Waals surface area (Å²) in [6.45, 7) is 5.13. The molecule has 2 aliphatic heterocycles. The van der Waals surface area contributed by atoms with Crippen molar-refractivity contribution in [3.63, 3.8) is 0 Å². The second-order valence-corrected chi connectivity index (χ2v) is 9.02. The van der Waals surface area contributed by atoms with Crippen LogP contribution in [-0.2, 0) is 22.6 Å². The Morgan fingerprint density at radius 2 is 1.79 bits per heavy atom. The zero-order valence-corrected chi connectivity index (χ0v) is 18.0. The minimum Gasteiger partial charge on any atom is -0.337 e. The van der Waals surface area contributed by atoms with Gasteiger partial charge in [0, 0.05) is 25.5 Å². The van der Waals surface area contributed by atoms with Gasteiger partial charge < -0.3 is 14.7 Å². The van der Waals surface area contributed by atoms with Gasteiger partial charge in [-0.1, -0.05) is 29.8 Å². The van der Waals surface area contributed by atoms with E-state index in [9.17, 15) is 14.4 Å². The summed E-state index contributed by atoms with van der Waals surface area (Å²) in [6.07, 6.45) is 0.634. The van der Waals surface area contributed by atoms with Crippen molar-refractivity contribution in [2.24, 2.45) is 0 Å². The van der Waals surface area contributed by atoms with Gasteiger partial charge in [0.15, 0.2) is 0 Å². The maximum absolute atomic E-state index is 13.1. The first-order valence-corrected chi connectivity index (χ1v) is 10.6. The van der Waals surface area contributed by atoms with Crippen LogP contribution in [0.15, 0.2) is 24.3 Å². The molecule has 29 heavy (non-hydrogen) atoms. The summed E-state index contributed by atoms with van der Waals surface area (Å²) in [5, 5.41) is 0.704. The van der Waals surface area contributed by atoms with E-state index < -0.39 is 0 Å². The molecule has 0 saturated heterocycles. The second kappa shape index (κ2) is 7.30. The lowest BCUT2D eigenvalue weighted by atomic mass is 9.96. The van der Waals surface area contributed by atoms with Crippen molar-refractivity contribution < 1.29 is 14.4 Å². The highest BCUT2D eigenvalue weighted by Gasteiger charge is 2.36. The summed E-state index contributed by atoms with van der Waals surface area (Å²) in [7, 11) is 3.38. The van der Waals surface area contributed by atoms with E-state index in [1.165, 1.54) is 21.8 Å². The monoisotopic (exact) mass is 411 g/mol. The Labute approximate surface area is 174 Å². The van der Waals surface area contributed by atoms with E-state index in [-0.39, 0.29) is 30.2 Å². The molecule has 0 fully saturated rings. The number of carbonyl (C=O) groups excluding carboxylic acids is 3. The molecule has 152 valence electrons. The minimum absolute atomic E-state index is 0.0875. The normalized spacial score (nSPS) is 17.7. The topological polar surface area (TPSA) is 60.9 Å². The van der Waals surface area contributed by atoms with Crippen molar-refractivity contribution in [3.8, 4) is 0 Å². The summed E-state index contributed by atoms with van der Waals surface area (Å²) in [5.41, 5.74) is 3.81. The van der Waals surface area contributed by atoms with E-state index in [1.54, 1.807) is 19.0 Å². The molecule has 4 rings (SSSR count). The quantitative estimate of drug-likeness (QED) is 0.764. The molecule has 6 nitrogen and oxygen atoms in total. The molecule has 1 atom stereocenters. The fourth-order valence-electron chi connectivity index (χ4n) is 3.99. The van der Waals surface area contributed by atoms with Gasteiger partial charge >= 0.3 is 0 Å². The second-order valence-electron chi connectivity index (χ2n) is 7.94. The van der Waals surface area contributed by atoms with Crippen molar-refractivity contribution in [2.45, 2.75) is 32.7 Å². The Hall–Kier alpha value is -2.67. The van der Waals surface area contributed by atoms with Crippen molar-refractivity contribution in [2.75, 3.05) is 32.1 Å². The van der Waals surface area contributed by atoms with Crippen molar-refractivity contribution in [1.82, 2.24) is 9.80 Å². The number of fused-ring (bicyclic) bond motifs is 3. The molecule has 0 bridgehead atoms. The number of aryl methyl sites for hydroxylation is 1. The first kappa shape index (κ1) is 19.6. The molecular weight excluding hydrogens is 386 g/mol. The van der Waals surface area contributed by atoms with Gasteiger partial charge in [-0.25, -0.2) is 0 Å². The summed E-state index contributed by atoms with van der Waals surface area (Å²) in [6, 6.07) is 8.07. The largest absolute Gasteiger partial charge is 0.337 e. The molecular formula is C22H25N3O3S. The molecule has 2 aromatic rings. The van der Waals surface area contributed by atoms with Crippen LogP contribution in [0, 0.1) is 6.92 Å². The fraction of sp³-hybridized carbons (Fsp3) is 0.409. The highest BCUT2D eigenvalue weighted by atomic mass is 32.1. The van der Waals surface area contributed by atoms with E-state index in [1.807, 2.05) is 43.0 Å². The molecule has 1 aromatic heterocycles. The average Bonchev–Trinajstić information content (AvgIpc) is 3.07. The minimum atomic E-state index is -0.216. The van der Waals surface area contributed by atoms with Crippen molar-refractivity contribution in [1.29, 1.82) is 0 Å². The first-order chi connectivity index (χ1) is 13.8. The summed E-state index contributed by atoms with van der Waals surface area (Å²) in [5.74, 6) is -0.329. The molecule has 0 N–H and O–H groups in total. The van der Waals surface area contributed by atoms with Crippen molar-refractivity contribution >= 4 is 34.1 Å². The maximum atomic E-state index is 13.1. The number of anilines is 1. The molecule has 3 amide bonds. The van der Waals surface area contributed by atoms with Crippen molar-refractivity contribution in [3.05, 3.63) is 51.4 Å². The first-order valence-electron chi connectivity index (χ1n) is 9.79. The molecule has 0 radical (unpaired) electrons. The summed E-state index contributed by atoms with van der Waals surface area (Å²) >= 11 is 1.46. The fourth-order valence-corrected chi connectivity index (χ4v) is 5.32. The molecule has 1 unspecified atom stereocenters. The Morgan fingerprint density at radius 3 is 2.48 bits per heavy atom. The molecule has 0 spiro atoms. The van der Waals surface area contributed by atoms with Gasteiger partial charge in [0.2, 0.25) is 11.8 Å². The van der Waals surface area contributed by atoms with Gasteiger partial charge in [-0.2, -0.15) is 0 Å². The summed E-state index contributed by atoms with van der Waals surface area (Å²) < 4.78 is 0. The van der Waals surface area contributed by atoms with Crippen LogP contribution < -0.4 is 4.90 Å². The van der Waals surface area contributed by atoms with Crippen LogP contribution in [-0.4, -0.2) is 54.7 Å². The number of likely N-dealkylation sites (N-methyl/N-ethyl adjacent to an activating group) is 2. The number of hydrogen-bond donors (Lipinski definition) is 0. The predicted molar refractivity (Wildman–Crippen MR) is 113 cm³/mol. The zero-order chi connectivity index (χ0) is 20.9. The van der Waals surface area contributed by atoms with Gasteiger partial charge in [-0.05, 0) is 31.4 Å². The molecule has 3 heterocycles. The van der Waals surface area contributed by atoms with Gasteiger partial charge in [-0.15, -0.1) is 11.3 Å². The van der Waals surface area contributed by atoms with E-state index in [0.717, 1.165) is 16.0 Å². The Bertz CT molecular complexity index is 995. The number of nitrogens with zero attached hydrogens (tertiary/aromatic N) is 3. The van der Waals surface area contributed by atoms with E-state index in [4.69, 9.17) is 0 Å².